The minimum Gasteiger partial charge on any atom is -0.0854 e. The maximum absolute atomic E-state index is 2.45. The van der Waals surface area contributed by atoms with Gasteiger partial charge in [0.25, 0.3) is 0 Å². The van der Waals surface area contributed by atoms with Gasteiger partial charge in [0, 0.05) is 0 Å². The van der Waals surface area contributed by atoms with Crippen molar-refractivity contribution in [2.75, 3.05) is 0 Å². The molecule has 0 rings (SSSR count). The molecule has 0 nitrogen and oxygen atoms in total. The fourth-order valence-electron chi connectivity index (χ4n) is 3.23. The minimum absolute atomic E-state index is 0.765. The van der Waals surface area contributed by atoms with Crippen LogP contribution in [0.25, 0.3) is 0 Å². The molecule has 0 saturated carbocycles. The highest BCUT2D eigenvalue weighted by molar-refractivity contribution is 4.89. The third-order valence-electron chi connectivity index (χ3n) is 4.92. The monoisotopic (exact) mass is 308 g/mol. The lowest BCUT2D eigenvalue weighted by Crippen LogP contribution is -1.96. The first-order chi connectivity index (χ1) is 10.6. The first-order valence-corrected chi connectivity index (χ1v) is 10.3. The Labute approximate surface area is 142 Å². The summed E-state index contributed by atoms with van der Waals surface area (Å²) >= 11 is 0. The summed E-state index contributed by atoms with van der Waals surface area (Å²) in [6.45, 7) is 11.7. The van der Waals surface area contributed by atoms with Gasteiger partial charge in [-0.1, -0.05) is 111 Å². The Morgan fingerprint density at radius 1 is 0.545 bits per heavy atom. The summed E-state index contributed by atoms with van der Waals surface area (Å²) in [5, 5.41) is 0. The van der Waals surface area contributed by atoms with Crippen molar-refractivity contribution in [1.82, 2.24) is 0 Å². The number of hydrogen-bond donors (Lipinski definition) is 0. The average Bonchev–Trinajstić information content (AvgIpc) is 2.49. The lowest BCUT2D eigenvalue weighted by molar-refractivity contribution is 0.434. The molecule has 0 aliphatic carbocycles. The smallest absolute Gasteiger partial charge is 0.0262 e. The molecule has 0 aromatic rings. The Kier molecular flexibility index (Phi) is 15.4. The number of hydrogen-bond acceptors (Lipinski definition) is 0. The van der Waals surface area contributed by atoms with Crippen molar-refractivity contribution < 1.29 is 0 Å². The van der Waals surface area contributed by atoms with Crippen LogP contribution < -0.4 is 0 Å². The molecule has 132 valence electrons. The van der Waals surface area contributed by atoms with Crippen LogP contribution in [0.3, 0.4) is 0 Å². The third kappa shape index (κ3) is 14.7. The molecule has 0 amide bonds. The molecule has 0 bridgehead atoms. The van der Waals surface area contributed by atoms with Crippen molar-refractivity contribution in [2.24, 2.45) is 17.8 Å². The van der Waals surface area contributed by atoms with Crippen LogP contribution in [0.4, 0.5) is 0 Å². The predicted octanol–water partition coefficient (Wildman–Crippen LogP) is 8.17. The van der Waals surface area contributed by atoms with Gasteiger partial charge in [0.05, 0.1) is 0 Å². The second kappa shape index (κ2) is 15.6. The zero-order valence-corrected chi connectivity index (χ0v) is 16.4. The molecule has 0 aromatic carbocycles. The number of rotatable bonds is 15. The van der Waals surface area contributed by atoms with Gasteiger partial charge in [0.2, 0.25) is 0 Å². The standard InChI is InChI=1S/C22H44/c1-6-8-11-15-21(4)16-12-9-10-13-17-22(5)19-18-20(3)14-7-2/h18-22H,6-17H2,1-5H3/b19-18+. The highest BCUT2D eigenvalue weighted by atomic mass is 14.1. The summed E-state index contributed by atoms with van der Waals surface area (Å²) in [7, 11) is 0. The van der Waals surface area contributed by atoms with Gasteiger partial charge in [-0.2, -0.15) is 0 Å². The Balaban J connectivity index is 3.45. The second-order valence-electron chi connectivity index (χ2n) is 7.72. The van der Waals surface area contributed by atoms with Gasteiger partial charge in [0.1, 0.15) is 0 Å². The van der Waals surface area contributed by atoms with E-state index in [9.17, 15) is 0 Å². The van der Waals surface area contributed by atoms with Crippen LogP contribution in [0.1, 0.15) is 112 Å². The maximum atomic E-state index is 2.45. The molecule has 22 heavy (non-hydrogen) atoms. The zero-order chi connectivity index (χ0) is 16.6. The van der Waals surface area contributed by atoms with Crippen molar-refractivity contribution in [3.05, 3.63) is 12.2 Å². The van der Waals surface area contributed by atoms with Gasteiger partial charge >= 0.3 is 0 Å². The van der Waals surface area contributed by atoms with Crippen LogP contribution in [0.5, 0.6) is 0 Å². The summed E-state index contributed by atoms with van der Waals surface area (Å²) in [6, 6.07) is 0. The van der Waals surface area contributed by atoms with Crippen molar-refractivity contribution in [3.63, 3.8) is 0 Å². The SMILES string of the molecule is CCCCCC(C)CCCCCCC(C)/C=C/C(C)CCC. The van der Waals surface area contributed by atoms with Gasteiger partial charge in [-0.05, 0) is 30.6 Å². The topological polar surface area (TPSA) is 0 Å². The first kappa shape index (κ1) is 21.7. The number of unbranched alkanes of at least 4 members (excludes halogenated alkanes) is 5. The van der Waals surface area contributed by atoms with E-state index in [2.05, 4.69) is 46.8 Å². The van der Waals surface area contributed by atoms with Gasteiger partial charge < -0.3 is 0 Å². The van der Waals surface area contributed by atoms with Crippen LogP contribution in [0.2, 0.25) is 0 Å². The molecule has 3 atom stereocenters. The van der Waals surface area contributed by atoms with Crippen molar-refractivity contribution >= 4 is 0 Å². The van der Waals surface area contributed by atoms with E-state index in [0.29, 0.717) is 0 Å². The van der Waals surface area contributed by atoms with Crippen molar-refractivity contribution in [3.8, 4) is 0 Å². The van der Waals surface area contributed by atoms with E-state index < -0.39 is 0 Å². The molecular formula is C22H44. The largest absolute Gasteiger partial charge is 0.0854 e. The fraction of sp³-hybridized carbons (Fsp3) is 0.909. The van der Waals surface area contributed by atoms with E-state index in [1.54, 1.807) is 0 Å². The highest BCUT2D eigenvalue weighted by Gasteiger charge is 2.03. The summed E-state index contributed by atoms with van der Waals surface area (Å²) in [6.07, 6.45) is 21.8. The van der Waals surface area contributed by atoms with E-state index in [0.717, 1.165) is 17.8 Å². The molecule has 0 heterocycles. The molecule has 0 aliphatic heterocycles. The van der Waals surface area contributed by atoms with E-state index in [1.165, 1.54) is 77.0 Å². The molecule has 3 unspecified atom stereocenters. The molecule has 0 radical (unpaired) electrons. The van der Waals surface area contributed by atoms with Gasteiger partial charge in [0.15, 0.2) is 0 Å². The predicted molar refractivity (Wildman–Crippen MR) is 103 cm³/mol. The molecule has 0 N–H and O–H groups in total. The molecule has 0 spiro atoms. The van der Waals surface area contributed by atoms with E-state index in [1.807, 2.05) is 0 Å². The quantitative estimate of drug-likeness (QED) is 0.211. The van der Waals surface area contributed by atoms with Crippen molar-refractivity contribution in [1.29, 1.82) is 0 Å². The Bertz CT molecular complexity index is 240. The van der Waals surface area contributed by atoms with Crippen LogP contribution in [-0.2, 0) is 0 Å². The Morgan fingerprint density at radius 3 is 1.59 bits per heavy atom. The lowest BCUT2D eigenvalue weighted by Gasteiger charge is -2.11. The molecule has 0 aromatic heterocycles. The van der Waals surface area contributed by atoms with E-state index >= 15 is 0 Å². The Morgan fingerprint density at radius 2 is 1.05 bits per heavy atom. The second-order valence-corrected chi connectivity index (χ2v) is 7.72. The average molecular weight is 309 g/mol. The first-order valence-electron chi connectivity index (χ1n) is 10.3. The summed E-state index contributed by atoms with van der Waals surface area (Å²) in [4.78, 5) is 0. The van der Waals surface area contributed by atoms with E-state index in [-0.39, 0.29) is 0 Å². The minimum atomic E-state index is 0.765. The van der Waals surface area contributed by atoms with Gasteiger partial charge in [-0.3, -0.25) is 0 Å². The molecule has 0 saturated heterocycles. The third-order valence-corrected chi connectivity index (χ3v) is 4.92. The molecule has 0 aliphatic rings. The molecule has 0 heteroatoms. The summed E-state index contributed by atoms with van der Waals surface area (Å²) in [5.41, 5.74) is 0. The molecular weight excluding hydrogens is 264 g/mol. The van der Waals surface area contributed by atoms with Crippen LogP contribution in [0.15, 0.2) is 12.2 Å². The molecule has 0 fully saturated rings. The summed E-state index contributed by atoms with van der Waals surface area (Å²) < 4.78 is 0. The number of allylic oxidation sites excluding steroid dienone is 2. The van der Waals surface area contributed by atoms with Crippen LogP contribution in [0, 0.1) is 17.8 Å². The normalized spacial score (nSPS) is 16.0. The maximum Gasteiger partial charge on any atom is -0.0262 e. The van der Waals surface area contributed by atoms with Crippen molar-refractivity contribution in [2.45, 2.75) is 112 Å². The van der Waals surface area contributed by atoms with Gasteiger partial charge in [-0.15, -0.1) is 0 Å². The fourth-order valence-corrected chi connectivity index (χ4v) is 3.23. The highest BCUT2D eigenvalue weighted by Crippen LogP contribution is 2.19. The lowest BCUT2D eigenvalue weighted by atomic mass is 9.95. The van der Waals surface area contributed by atoms with E-state index in [4.69, 9.17) is 0 Å². The summed E-state index contributed by atoms with van der Waals surface area (Å²) in [5.74, 6) is 2.49. The Hall–Kier alpha value is -0.260. The van der Waals surface area contributed by atoms with Crippen LogP contribution in [-0.4, -0.2) is 0 Å². The van der Waals surface area contributed by atoms with Gasteiger partial charge in [-0.25, -0.2) is 0 Å². The zero-order valence-electron chi connectivity index (χ0n) is 16.4. The van der Waals surface area contributed by atoms with Crippen LogP contribution >= 0.6 is 0 Å².